The number of rotatable bonds is 12. The smallest absolute Gasteiger partial charge is 0.423 e. The van der Waals surface area contributed by atoms with Crippen molar-refractivity contribution in [2.75, 3.05) is 0 Å². The molecule has 0 amide bonds. The van der Waals surface area contributed by atoms with Crippen molar-refractivity contribution in [2.45, 2.75) is 33.4 Å². The number of benzene rings is 3. The molecule has 2 atom stereocenters. The maximum Gasteiger partial charge on any atom is 0.516 e. The SMILES string of the molecule is C=CC(=O)OC(C)OC(=O)Oc1ccc(C(=O)Oc2ccc(OC(=O)c3ccc(OC(=O)OC(C)OC(=O)C=C)cc3)c(C)c2)cc1. The lowest BCUT2D eigenvalue weighted by molar-refractivity contribution is -0.161. The predicted octanol–water partition coefficient (Wildman–Crippen LogP) is 5.61. The molecular weight excluding hydrogens is 620 g/mol. The van der Waals surface area contributed by atoms with Gasteiger partial charge in [0.05, 0.1) is 11.1 Å². The van der Waals surface area contributed by atoms with Gasteiger partial charge in [0.25, 0.3) is 0 Å². The van der Waals surface area contributed by atoms with Crippen molar-refractivity contribution >= 4 is 36.2 Å². The zero-order valence-electron chi connectivity index (χ0n) is 25.3. The number of hydrogen-bond acceptors (Lipinski definition) is 14. The Bertz CT molecular complexity index is 1660. The molecule has 0 heterocycles. The summed E-state index contributed by atoms with van der Waals surface area (Å²) >= 11 is 0. The highest BCUT2D eigenvalue weighted by Crippen LogP contribution is 2.26. The molecule has 0 spiro atoms. The molecule has 3 aromatic rings. The Kier molecular flexibility index (Phi) is 12.4. The topological polar surface area (TPSA) is 176 Å². The third-order valence-electron chi connectivity index (χ3n) is 5.56. The number of aryl methyl sites for hydroxylation is 1. The van der Waals surface area contributed by atoms with Gasteiger partial charge in [0.1, 0.15) is 23.0 Å². The van der Waals surface area contributed by atoms with Crippen LogP contribution in [0.25, 0.3) is 0 Å². The fraction of sp³-hybridized carbons (Fsp3) is 0.152. The minimum Gasteiger partial charge on any atom is -0.423 e. The molecule has 0 aliphatic rings. The van der Waals surface area contributed by atoms with Crippen LogP contribution in [-0.4, -0.2) is 48.8 Å². The van der Waals surface area contributed by atoms with E-state index in [4.69, 9.17) is 37.9 Å². The number of esters is 4. The van der Waals surface area contributed by atoms with Crippen molar-refractivity contribution in [1.82, 2.24) is 0 Å². The van der Waals surface area contributed by atoms with Crippen LogP contribution in [0.3, 0.4) is 0 Å². The van der Waals surface area contributed by atoms with E-state index in [0.29, 0.717) is 5.56 Å². The van der Waals surface area contributed by atoms with Gasteiger partial charge >= 0.3 is 36.2 Å². The molecule has 0 bridgehead atoms. The van der Waals surface area contributed by atoms with Crippen LogP contribution in [-0.2, 0) is 28.5 Å². The van der Waals surface area contributed by atoms with Gasteiger partial charge in [-0.1, -0.05) is 13.2 Å². The highest BCUT2D eigenvalue weighted by molar-refractivity contribution is 5.92. The second-order valence-corrected chi connectivity index (χ2v) is 9.11. The van der Waals surface area contributed by atoms with Crippen molar-refractivity contribution in [2.24, 2.45) is 0 Å². The van der Waals surface area contributed by atoms with Crippen LogP contribution in [0.15, 0.2) is 92.0 Å². The van der Waals surface area contributed by atoms with Crippen LogP contribution >= 0.6 is 0 Å². The second kappa shape index (κ2) is 16.6. The van der Waals surface area contributed by atoms with E-state index >= 15 is 0 Å². The molecule has 47 heavy (non-hydrogen) atoms. The van der Waals surface area contributed by atoms with E-state index in [1.165, 1.54) is 80.6 Å². The van der Waals surface area contributed by atoms with Crippen molar-refractivity contribution in [3.8, 4) is 23.0 Å². The van der Waals surface area contributed by atoms with E-state index in [1.54, 1.807) is 6.92 Å². The van der Waals surface area contributed by atoms with Gasteiger partial charge in [-0.2, -0.15) is 0 Å². The Morgan fingerprint density at radius 3 is 1.36 bits per heavy atom. The first-order valence-corrected chi connectivity index (χ1v) is 13.5. The van der Waals surface area contributed by atoms with Crippen molar-refractivity contribution in [3.05, 3.63) is 109 Å². The number of hydrogen-bond donors (Lipinski definition) is 0. The zero-order valence-corrected chi connectivity index (χ0v) is 25.3. The Hall–Kier alpha value is -6.44. The van der Waals surface area contributed by atoms with Crippen LogP contribution in [0.1, 0.15) is 40.1 Å². The van der Waals surface area contributed by atoms with Crippen LogP contribution in [0.2, 0.25) is 0 Å². The van der Waals surface area contributed by atoms with E-state index in [0.717, 1.165) is 12.2 Å². The second-order valence-electron chi connectivity index (χ2n) is 9.11. The summed E-state index contributed by atoms with van der Waals surface area (Å²) in [6, 6.07) is 15.1. The summed E-state index contributed by atoms with van der Waals surface area (Å²) < 4.78 is 39.8. The van der Waals surface area contributed by atoms with Crippen LogP contribution in [0.4, 0.5) is 9.59 Å². The maximum absolute atomic E-state index is 12.7. The fourth-order valence-corrected chi connectivity index (χ4v) is 3.43. The molecule has 14 nitrogen and oxygen atoms in total. The number of carbonyl (C=O) groups excluding carboxylic acids is 6. The van der Waals surface area contributed by atoms with Gasteiger partial charge < -0.3 is 37.9 Å². The molecule has 0 aliphatic heterocycles. The molecule has 0 N–H and O–H groups in total. The van der Waals surface area contributed by atoms with Gasteiger partial charge in [0.2, 0.25) is 12.6 Å². The minimum absolute atomic E-state index is 0.0545. The van der Waals surface area contributed by atoms with Gasteiger partial charge in [0.15, 0.2) is 0 Å². The van der Waals surface area contributed by atoms with E-state index in [1.807, 2.05) is 0 Å². The third kappa shape index (κ3) is 11.2. The molecule has 3 rings (SSSR count). The molecule has 0 saturated heterocycles. The standard InChI is InChI=1S/C33H28O14/c1-6-28(34)40-20(4)42-32(38)45-24-12-8-22(9-13-24)30(36)44-26-16-17-27(19(3)18-26)47-31(37)23-10-14-25(15-11-23)46-33(39)43-21(5)41-29(35)7-2/h6-18,20-21H,1-2H2,3-5H3. The van der Waals surface area contributed by atoms with Crippen molar-refractivity contribution < 1.29 is 66.7 Å². The molecule has 2 unspecified atom stereocenters. The molecule has 0 radical (unpaired) electrons. The molecule has 14 heteroatoms. The first-order valence-electron chi connectivity index (χ1n) is 13.5. The maximum atomic E-state index is 12.7. The average Bonchev–Trinajstić information content (AvgIpc) is 3.02. The highest BCUT2D eigenvalue weighted by atomic mass is 16.8. The quantitative estimate of drug-likeness (QED) is 0.0778. The van der Waals surface area contributed by atoms with Crippen molar-refractivity contribution in [3.63, 3.8) is 0 Å². The fourth-order valence-electron chi connectivity index (χ4n) is 3.43. The lowest BCUT2D eigenvalue weighted by Gasteiger charge is -2.13. The van der Waals surface area contributed by atoms with Gasteiger partial charge in [0, 0.05) is 26.0 Å². The summed E-state index contributed by atoms with van der Waals surface area (Å²) in [6.07, 6.45) is -2.86. The largest absolute Gasteiger partial charge is 0.516 e. The minimum atomic E-state index is -1.21. The zero-order chi connectivity index (χ0) is 34.5. The first-order chi connectivity index (χ1) is 22.4. The number of carbonyl (C=O) groups is 6. The molecule has 0 aliphatic carbocycles. The van der Waals surface area contributed by atoms with Gasteiger partial charge in [-0.05, 0) is 79.2 Å². The van der Waals surface area contributed by atoms with E-state index in [-0.39, 0.29) is 34.1 Å². The highest BCUT2D eigenvalue weighted by Gasteiger charge is 2.18. The lowest BCUT2D eigenvalue weighted by Crippen LogP contribution is -2.22. The molecule has 0 aromatic heterocycles. The predicted molar refractivity (Wildman–Crippen MR) is 160 cm³/mol. The molecule has 3 aromatic carbocycles. The molecule has 0 fully saturated rings. The molecule has 0 saturated carbocycles. The lowest BCUT2D eigenvalue weighted by atomic mass is 10.2. The Labute approximate surface area is 268 Å². The van der Waals surface area contributed by atoms with E-state index in [9.17, 15) is 28.8 Å². The Balaban J connectivity index is 1.51. The third-order valence-corrected chi connectivity index (χ3v) is 5.56. The first kappa shape index (κ1) is 35.0. The monoisotopic (exact) mass is 648 g/mol. The van der Waals surface area contributed by atoms with Crippen LogP contribution in [0, 0.1) is 6.92 Å². The van der Waals surface area contributed by atoms with E-state index in [2.05, 4.69) is 13.2 Å². The summed E-state index contributed by atoms with van der Waals surface area (Å²) in [5.74, 6) is -2.51. The summed E-state index contributed by atoms with van der Waals surface area (Å²) in [6.45, 7) is 10.7. The van der Waals surface area contributed by atoms with Gasteiger partial charge in [-0.25, -0.2) is 28.8 Å². The van der Waals surface area contributed by atoms with Crippen LogP contribution in [0.5, 0.6) is 23.0 Å². The van der Waals surface area contributed by atoms with Gasteiger partial charge in [-0.15, -0.1) is 0 Å². The molecule has 244 valence electrons. The number of ether oxygens (including phenoxy) is 8. The van der Waals surface area contributed by atoms with Crippen molar-refractivity contribution in [1.29, 1.82) is 0 Å². The summed E-state index contributed by atoms with van der Waals surface area (Å²) in [5.41, 5.74) is 0.756. The summed E-state index contributed by atoms with van der Waals surface area (Å²) in [4.78, 5) is 71.3. The Morgan fingerprint density at radius 2 is 0.957 bits per heavy atom. The average molecular weight is 649 g/mol. The van der Waals surface area contributed by atoms with Gasteiger partial charge in [-0.3, -0.25) is 0 Å². The van der Waals surface area contributed by atoms with Crippen LogP contribution < -0.4 is 18.9 Å². The molecular formula is C33H28O14. The normalized spacial score (nSPS) is 11.4. The summed E-state index contributed by atoms with van der Waals surface area (Å²) in [5, 5.41) is 0. The Morgan fingerprint density at radius 1 is 0.553 bits per heavy atom. The summed E-state index contributed by atoms with van der Waals surface area (Å²) in [7, 11) is 0. The van der Waals surface area contributed by atoms with E-state index < -0.39 is 48.8 Å².